The van der Waals surface area contributed by atoms with Gasteiger partial charge in [-0.2, -0.15) is 0 Å². The lowest BCUT2D eigenvalue weighted by Crippen LogP contribution is -2.35. The summed E-state index contributed by atoms with van der Waals surface area (Å²) >= 11 is 1.77. The quantitative estimate of drug-likeness (QED) is 0.826. The Kier molecular flexibility index (Phi) is 2.92. The molecule has 1 fully saturated rings. The Labute approximate surface area is 105 Å². The second kappa shape index (κ2) is 4.42. The van der Waals surface area contributed by atoms with Gasteiger partial charge >= 0.3 is 0 Å². The van der Waals surface area contributed by atoms with E-state index in [0.717, 1.165) is 32.2 Å². The molecule has 0 radical (unpaired) electrons. The molecule has 2 heterocycles. The first-order valence-electron chi connectivity index (χ1n) is 6.29. The molecule has 1 aromatic heterocycles. The minimum atomic E-state index is -0.315. The van der Waals surface area contributed by atoms with Gasteiger partial charge in [-0.15, -0.1) is 11.3 Å². The third-order valence-electron chi connectivity index (χ3n) is 3.83. The minimum Gasteiger partial charge on any atom is -0.391 e. The van der Waals surface area contributed by atoms with Crippen molar-refractivity contribution in [2.45, 2.75) is 37.7 Å². The summed E-state index contributed by atoms with van der Waals surface area (Å²) < 4.78 is 0. The van der Waals surface area contributed by atoms with E-state index in [2.05, 4.69) is 11.4 Å². The predicted molar refractivity (Wildman–Crippen MR) is 67.2 cm³/mol. The molecule has 2 aliphatic rings. The molecule has 3 rings (SSSR count). The van der Waals surface area contributed by atoms with Crippen LogP contribution < -0.4 is 0 Å². The molecule has 17 heavy (non-hydrogen) atoms. The lowest BCUT2D eigenvalue weighted by Gasteiger charge is -2.26. The molecule has 1 amide bonds. The number of aliphatic hydroxyl groups is 1. The number of nitrogens with zero attached hydrogens (tertiary/aromatic N) is 1. The van der Waals surface area contributed by atoms with Crippen LogP contribution in [0.2, 0.25) is 0 Å². The lowest BCUT2D eigenvalue weighted by atomic mass is 9.87. The summed E-state index contributed by atoms with van der Waals surface area (Å²) in [5.41, 5.74) is 1.24. The number of β-amino-alcohol motifs (C(OH)–C–C–N with tert-alkyl or cyclic N) is 1. The van der Waals surface area contributed by atoms with E-state index in [9.17, 15) is 9.90 Å². The summed E-state index contributed by atoms with van der Waals surface area (Å²) in [7, 11) is 0. The number of aliphatic hydroxyl groups excluding tert-OH is 1. The van der Waals surface area contributed by atoms with Crippen molar-refractivity contribution >= 4 is 17.2 Å². The topological polar surface area (TPSA) is 40.5 Å². The number of thiophene rings is 1. The van der Waals surface area contributed by atoms with E-state index < -0.39 is 0 Å². The van der Waals surface area contributed by atoms with Crippen LogP contribution in [0.5, 0.6) is 0 Å². The molecule has 0 bridgehead atoms. The Hall–Kier alpha value is -0.870. The first-order valence-corrected chi connectivity index (χ1v) is 7.17. The number of aryl methyl sites for hydroxylation is 1. The summed E-state index contributed by atoms with van der Waals surface area (Å²) in [5, 5.41) is 11.6. The van der Waals surface area contributed by atoms with Crippen LogP contribution in [-0.2, 0) is 11.2 Å². The van der Waals surface area contributed by atoms with Gasteiger partial charge < -0.3 is 10.0 Å². The molecule has 2 atom stereocenters. The van der Waals surface area contributed by atoms with Crippen molar-refractivity contribution in [3.63, 3.8) is 0 Å². The monoisotopic (exact) mass is 251 g/mol. The molecule has 0 saturated carbocycles. The third kappa shape index (κ3) is 2.00. The first-order chi connectivity index (χ1) is 8.25. The Morgan fingerprint density at radius 3 is 3.12 bits per heavy atom. The van der Waals surface area contributed by atoms with E-state index in [1.54, 1.807) is 11.3 Å². The van der Waals surface area contributed by atoms with Gasteiger partial charge in [0.1, 0.15) is 0 Å². The van der Waals surface area contributed by atoms with E-state index in [1.807, 2.05) is 4.90 Å². The summed E-state index contributed by atoms with van der Waals surface area (Å²) in [6, 6.07) is 2.11. The summed E-state index contributed by atoms with van der Waals surface area (Å²) in [4.78, 5) is 15.6. The highest BCUT2D eigenvalue weighted by Gasteiger charge is 2.33. The zero-order chi connectivity index (χ0) is 11.8. The maximum Gasteiger partial charge on any atom is 0.230 e. The number of amides is 1. The third-order valence-corrected chi connectivity index (χ3v) is 4.82. The Morgan fingerprint density at radius 2 is 2.35 bits per heavy atom. The van der Waals surface area contributed by atoms with Crippen LogP contribution in [0.4, 0.5) is 0 Å². The first kappa shape index (κ1) is 11.2. The zero-order valence-corrected chi connectivity index (χ0v) is 10.6. The van der Waals surface area contributed by atoms with Crippen LogP contribution in [0.1, 0.15) is 35.6 Å². The minimum absolute atomic E-state index is 0.0512. The van der Waals surface area contributed by atoms with Crippen LogP contribution in [0.15, 0.2) is 11.4 Å². The molecule has 1 saturated heterocycles. The van der Waals surface area contributed by atoms with Crippen molar-refractivity contribution in [3.05, 3.63) is 21.9 Å². The Balaban J connectivity index is 1.80. The number of hydrogen-bond donors (Lipinski definition) is 1. The van der Waals surface area contributed by atoms with Crippen molar-refractivity contribution in [3.8, 4) is 0 Å². The SMILES string of the molecule is O=C(C1CCCc2sccc21)N1CC[C@H](O)C1. The highest BCUT2D eigenvalue weighted by molar-refractivity contribution is 7.10. The van der Waals surface area contributed by atoms with Crippen molar-refractivity contribution in [2.75, 3.05) is 13.1 Å². The lowest BCUT2D eigenvalue weighted by molar-refractivity contribution is -0.132. The van der Waals surface area contributed by atoms with Crippen molar-refractivity contribution < 1.29 is 9.90 Å². The molecule has 3 nitrogen and oxygen atoms in total. The number of hydrogen-bond acceptors (Lipinski definition) is 3. The summed E-state index contributed by atoms with van der Waals surface area (Å²) in [5.74, 6) is 0.274. The molecule has 1 aromatic rings. The molecule has 92 valence electrons. The fourth-order valence-corrected chi connectivity index (χ4v) is 3.89. The number of likely N-dealkylation sites (tertiary alicyclic amines) is 1. The molecule has 1 aliphatic heterocycles. The highest BCUT2D eigenvalue weighted by Crippen LogP contribution is 2.36. The number of fused-ring (bicyclic) bond motifs is 1. The largest absolute Gasteiger partial charge is 0.391 e. The Morgan fingerprint density at radius 1 is 1.47 bits per heavy atom. The standard InChI is InChI=1S/C13H17NO2S/c15-9-4-6-14(8-9)13(16)11-2-1-3-12-10(11)5-7-17-12/h5,7,9,11,15H,1-4,6,8H2/t9-,11?/m0/s1. The van der Waals surface area contributed by atoms with Gasteiger partial charge in [-0.1, -0.05) is 0 Å². The molecular formula is C13H17NO2S. The van der Waals surface area contributed by atoms with Gasteiger partial charge in [-0.05, 0) is 42.7 Å². The number of rotatable bonds is 1. The second-order valence-electron chi connectivity index (χ2n) is 4.97. The highest BCUT2D eigenvalue weighted by atomic mass is 32.1. The molecule has 1 aliphatic carbocycles. The fraction of sp³-hybridized carbons (Fsp3) is 0.615. The van der Waals surface area contributed by atoms with Gasteiger partial charge in [0.25, 0.3) is 0 Å². The molecule has 1 unspecified atom stereocenters. The van der Waals surface area contributed by atoms with Crippen LogP contribution in [-0.4, -0.2) is 35.1 Å². The van der Waals surface area contributed by atoms with E-state index in [4.69, 9.17) is 0 Å². The van der Waals surface area contributed by atoms with E-state index in [1.165, 1.54) is 10.4 Å². The van der Waals surface area contributed by atoms with Crippen LogP contribution in [0.25, 0.3) is 0 Å². The van der Waals surface area contributed by atoms with Gasteiger partial charge in [0.2, 0.25) is 5.91 Å². The summed E-state index contributed by atoms with van der Waals surface area (Å²) in [6.45, 7) is 1.24. The normalized spacial score (nSPS) is 28.2. The van der Waals surface area contributed by atoms with Gasteiger partial charge in [-0.25, -0.2) is 0 Å². The average Bonchev–Trinajstić information content (AvgIpc) is 2.95. The predicted octanol–water partition coefficient (Wildman–Crippen LogP) is 1.76. The van der Waals surface area contributed by atoms with E-state index in [0.29, 0.717) is 6.54 Å². The fourth-order valence-electron chi connectivity index (χ4n) is 2.91. The van der Waals surface area contributed by atoms with Gasteiger partial charge in [0.15, 0.2) is 0 Å². The Bertz CT molecular complexity index is 429. The molecular weight excluding hydrogens is 234 g/mol. The van der Waals surface area contributed by atoms with Crippen LogP contribution in [0, 0.1) is 0 Å². The number of carbonyl (C=O) groups excluding carboxylic acids is 1. The molecule has 0 spiro atoms. The van der Waals surface area contributed by atoms with Crippen molar-refractivity contribution in [1.82, 2.24) is 4.90 Å². The van der Waals surface area contributed by atoms with Crippen LogP contribution in [0.3, 0.4) is 0 Å². The van der Waals surface area contributed by atoms with Crippen molar-refractivity contribution in [1.29, 1.82) is 0 Å². The maximum absolute atomic E-state index is 12.4. The molecule has 1 N–H and O–H groups in total. The summed E-state index contributed by atoms with van der Waals surface area (Å²) in [6.07, 6.45) is 3.62. The second-order valence-corrected chi connectivity index (χ2v) is 5.97. The van der Waals surface area contributed by atoms with Gasteiger partial charge in [0, 0.05) is 18.0 Å². The van der Waals surface area contributed by atoms with Gasteiger partial charge in [0.05, 0.1) is 12.0 Å². The van der Waals surface area contributed by atoms with Crippen molar-refractivity contribution in [2.24, 2.45) is 0 Å². The zero-order valence-electron chi connectivity index (χ0n) is 9.76. The molecule has 0 aromatic carbocycles. The maximum atomic E-state index is 12.4. The van der Waals surface area contributed by atoms with Crippen LogP contribution >= 0.6 is 11.3 Å². The molecule has 4 heteroatoms. The smallest absolute Gasteiger partial charge is 0.230 e. The average molecular weight is 251 g/mol. The van der Waals surface area contributed by atoms with Gasteiger partial charge in [-0.3, -0.25) is 4.79 Å². The van der Waals surface area contributed by atoms with E-state index >= 15 is 0 Å². The number of carbonyl (C=O) groups is 1. The van der Waals surface area contributed by atoms with E-state index in [-0.39, 0.29) is 17.9 Å².